The summed E-state index contributed by atoms with van der Waals surface area (Å²) >= 11 is 0. The maximum Gasteiger partial charge on any atom is 0.191 e. The van der Waals surface area contributed by atoms with Gasteiger partial charge in [0.15, 0.2) is 5.96 Å². The number of guanidine groups is 1. The zero-order valence-corrected chi connectivity index (χ0v) is 18.4. The Morgan fingerprint density at radius 3 is 2.69 bits per heavy atom. The third kappa shape index (κ3) is 8.92. The summed E-state index contributed by atoms with van der Waals surface area (Å²) in [5, 5.41) is 6.95. The molecule has 0 spiro atoms. The number of likely N-dealkylation sites (tertiary alicyclic amines) is 1. The van der Waals surface area contributed by atoms with Crippen LogP contribution in [0.25, 0.3) is 0 Å². The standard InChI is InChI=1S/C22H38N4O3/c1-5-23-22(25-19-10-13-26(14-11-19)12-7-15-27-3)24-17-18(2)29-21-9-6-8-20(16-21)28-4/h6,8-9,16,18-19H,5,7,10-15,17H2,1-4H3,(H2,23,24,25). The van der Waals surface area contributed by atoms with Gasteiger partial charge in [0.25, 0.3) is 0 Å². The van der Waals surface area contributed by atoms with Crippen LogP contribution in [0.4, 0.5) is 0 Å². The highest BCUT2D eigenvalue weighted by Gasteiger charge is 2.19. The van der Waals surface area contributed by atoms with Gasteiger partial charge in [-0.2, -0.15) is 0 Å². The van der Waals surface area contributed by atoms with Gasteiger partial charge < -0.3 is 29.7 Å². The molecule has 7 heteroatoms. The number of nitrogens with zero attached hydrogens (tertiary/aromatic N) is 2. The Morgan fingerprint density at radius 2 is 2.00 bits per heavy atom. The summed E-state index contributed by atoms with van der Waals surface area (Å²) in [7, 11) is 3.42. The number of benzene rings is 1. The van der Waals surface area contributed by atoms with E-state index in [4.69, 9.17) is 19.2 Å². The van der Waals surface area contributed by atoms with Gasteiger partial charge in [-0.1, -0.05) is 6.07 Å². The highest BCUT2D eigenvalue weighted by Crippen LogP contribution is 2.20. The van der Waals surface area contributed by atoms with Crippen molar-refractivity contribution in [2.75, 3.05) is 53.6 Å². The fraction of sp³-hybridized carbons (Fsp3) is 0.682. The van der Waals surface area contributed by atoms with Crippen LogP contribution in [0, 0.1) is 0 Å². The molecule has 1 aromatic carbocycles. The molecule has 1 heterocycles. The summed E-state index contributed by atoms with van der Waals surface area (Å²) in [5.74, 6) is 2.46. The predicted molar refractivity (Wildman–Crippen MR) is 118 cm³/mol. The minimum atomic E-state index is -0.0276. The summed E-state index contributed by atoms with van der Waals surface area (Å²) in [6.07, 6.45) is 3.34. The van der Waals surface area contributed by atoms with Crippen LogP contribution in [0.2, 0.25) is 0 Å². The van der Waals surface area contributed by atoms with Crippen LogP contribution >= 0.6 is 0 Å². The van der Waals surface area contributed by atoms with E-state index in [1.807, 2.05) is 31.2 Å². The second-order valence-corrected chi connectivity index (χ2v) is 7.43. The van der Waals surface area contributed by atoms with Gasteiger partial charge in [-0.05, 0) is 45.2 Å². The first-order chi connectivity index (χ1) is 14.1. The van der Waals surface area contributed by atoms with Crippen LogP contribution in [0.3, 0.4) is 0 Å². The first kappa shape index (κ1) is 23.3. The Labute approximate surface area is 175 Å². The molecule has 1 saturated heterocycles. The molecule has 0 radical (unpaired) electrons. The van der Waals surface area contributed by atoms with E-state index in [-0.39, 0.29) is 6.10 Å². The lowest BCUT2D eigenvalue weighted by Gasteiger charge is -2.33. The van der Waals surface area contributed by atoms with Crippen molar-refractivity contribution in [1.29, 1.82) is 0 Å². The van der Waals surface area contributed by atoms with Crippen molar-refractivity contribution in [3.8, 4) is 11.5 Å². The van der Waals surface area contributed by atoms with Gasteiger partial charge in [-0.3, -0.25) is 0 Å². The number of ether oxygens (including phenoxy) is 3. The van der Waals surface area contributed by atoms with E-state index >= 15 is 0 Å². The number of aliphatic imine (C=N–C) groups is 1. The Kier molecular flexibility index (Phi) is 10.7. The fourth-order valence-electron chi connectivity index (χ4n) is 3.41. The van der Waals surface area contributed by atoms with E-state index in [0.717, 1.165) is 69.5 Å². The number of nitrogens with one attached hydrogen (secondary N) is 2. The Balaban J connectivity index is 1.78. The molecule has 0 aliphatic carbocycles. The third-order valence-corrected chi connectivity index (χ3v) is 4.98. The quantitative estimate of drug-likeness (QED) is 0.334. The lowest BCUT2D eigenvalue weighted by Crippen LogP contribution is -2.49. The Hall–Kier alpha value is -1.99. The molecule has 0 amide bonds. The zero-order chi connectivity index (χ0) is 20.9. The highest BCUT2D eigenvalue weighted by atomic mass is 16.5. The van der Waals surface area contributed by atoms with Crippen LogP contribution < -0.4 is 20.1 Å². The van der Waals surface area contributed by atoms with Crippen LogP contribution in [0.15, 0.2) is 29.3 Å². The highest BCUT2D eigenvalue weighted by molar-refractivity contribution is 5.80. The van der Waals surface area contributed by atoms with E-state index in [1.165, 1.54) is 0 Å². The maximum atomic E-state index is 5.98. The second kappa shape index (κ2) is 13.3. The molecule has 7 nitrogen and oxygen atoms in total. The van der Waals surface area contributed by atoms with Crippen molar-refractivity contribution in [3.63, 3.8) is 0 Å². The molecule has 1 unspecified atom stereocenters. The first-order valence-corrected chi connectivity index (χ1v) is 10.7. The predicted octanol–water partition coefficient (Wildman–Crippen LogP) is 2.52. The topological polar surface area (TPSA) is 67.4 Å². The van der Waals surface area contributed by atoms with Gasteiger partial charge in [-0.15, -0.1) is 0 Å². The van der Waals surface area contributed by atoms with Crippen molar-refractivity contribution in [2.24, 2.45) is 4.99 Å². The number of piperidine rings is 1. The monoisotopic (exact) mass is 406 g/mol. The van der Waals surface area contributed by atoms with Crippen molar-refractivity contribution in [3.05, 3.63) is 24.3 Å². The summed E-state index contributed by atoms with van der Waals surface area (Å²) in [5.41, 5.74) is 0. The van der Waals surface area contributed by atoms with Crippen LogP contribution in [-0.4, -0.2) is 76.6 Å². The smallest absolute Gasteiger partial charge is 0.191 e. The lowest BCUT2D eigenvalue weighted by atomic mass is 10.1. The van der Waals surface area contributed by atoms with Crippen LogP contribution in [0.1, 0.15) is 33.1 Å². The molecule has 2 rings (SSSR count). The number of hydrogen-bond donors (Lipinski definition) is 2. The van der Waals surface area contributed by atoms with Crippen LogP contribution in [0.5, 0.6) is 11.5 Å². The van der Waals surface area contributed by atoms with E-state index in [2.05, 4.69) is 22.5 Å². The van der Waals surface area contributed by atoms with E-state index in [1.54, 1.807) is 14.2 Å². The molecule has 1 aliphatic rings. The van der Waals surface area contributed by atoms with E-state index in [9.17, 15) is 0 Å². The Morgan fingerprint density at radius 1 is 1.24 bits per heavy atom. The van der Waals surface area contributed by atoms with Crippen molar-refractivity contribution in [1.82, 2.24) is 15.5 Å². The molecule has 164 valence electrons. The number of methoxy groups -OCH3 is 2. The molecule has 1 aliphatic heterocycles. The molecule has 0 bridgehead atoms. The van der Waals surface area contributed by atoms with Gasteiger partial charge in [0.2, 0.25) is 0 Å². The van der Waals surface area contributed by atoms with E-state index < -0.39 is 0 Å². The van der Waals surface area contributed by atoms with Gasteiger partial charge in [0, 0.05) is 52.0 Å². The Bertz CT molecular complexity index is 603. The average molecular weight is 407 g/mol. The number of hydrogen-bond acceptors (Lipinski definition) is 5. The second-order valence-electron chi connectivity index (χ2n) is 7.43. The van der Waals surface area contributed by atoms with E-state index in [0.29, 0.717) is 12.6 Å². The van der Waals surface area contributed by atoms with Gasteiger partial charge >= 0.3 is 0 Å². The third-order valence-electron chi connectivity index (χ3n) is 4.98. The first-order valence-electron chi connectivity index (χ1n) is 10.7. The molecule has 2 N–H and O–H groups in total. The van der Waals surface area contributed by atoms with Gasteiger partial charge in [0.05, 0.1) is 13.7 Å². The molecule has 0 saturated carbocycles. The molecule has 0 aromatic heterocycles. The van der Waals surface area contributed by atoms with Gasteiger partial charge in [0.1, 0.15) is 17.6 Å². The molecule has 1 fully saturated rings. The largest absolute Gasteiger partial charge is 0.497 e. The summed E-state index contributed by atoms with van der Waals surface area (Å²) in [6.45, 7) is 9.75. The maximum absolute atomic E-state index is 5.98. The summed E-state index contributed by atoms with van der Waals surface area (Å²) in [4.78, 5) is 7.25. The molecule has 29 heavy (non-hydrogen) atoms. The van der Waals surface area contributed by atoms with Crippen molar-refractivity contribution < 1.29 is 14.2 Å². The molecule has 1 atom stereocenters. The SMILES string of the molecule is CCNC(=NCC(C)Oc1cccc(OC)c1)NC1CCN(CCCOC)CC1. The lowest BCUT2D eigenvalue weighted by molar-refractivity contribution is 0.155. The average Bonchev–Trinajstić information content (AvgIpc) is 2.74. The molecule has 1 aromatic rings. The number of rotatable bonds is 11. The summed E-state index contributed by atoms with van der Waals surface area (Å²) < 4.78 is 16.4. The minimum absolute atomic E-state index is 0.0276. The molecular weight excluding hydrogens is 368 g/mol. The fourth-order valence-corrected chi connectivity index (χ4v) is 3.41. The van der Waals surface area contributed by atoms with Gasteiger partial charge in [-0.25, -0.2) is 4.99 Å². The normalized spacial score (nSPS) is 17.0. The summed E-state index contributed by atoms with van der Waals surface area (Å²) in [6, 6.07) is 8.13. The minimum Gasteiger partial charge on any atom is -0.497 e. The van der Waals surface area contributed by atoms with Crippen LogP contribution in [-0.2, 0) is 4.74 Å². The van der Waals surface area contributed by atoms with Crippen molar-refractivity contribution in [2.45, 2.75) is 45.3 Å². The molecular formula is C22H38N4O3. The zero-order valence-electron chi connectivity index (χ0n) is 18.4. The van der Waals surface area contributed by atoms with Crippen molar-refractivity contribution >= 4 is 5.96 Å².